The molecule has 1 fully saturated rings. The van der Waals surface area contributed by atoms with Gasteiger partial charge in [-0.1, -0.05) is 114 Å². The maximum absolute atomic E-state index is 14.6. The number of rotatable bonds is 12. The number of amides is 2. The zero-order valence-corrected chi connectivity index (χ0v) is 28.1. The molecule has 0 unspecified atom stereocenters. The third kappa shape index (κ3) is 8.23. The van der Waals surface area contributed by atoms with E-state index >= 15 is 0 Å². The minimum atomic E-state index is -4.31. The van der Waals surface area contributed by atoms with Gasteiger partial charge in [-0.05, 0) is 60.4 Å². The summed E-state index contributed by atoms with van der Waals surface area (Å²) in [6.07, 6.45) is 3.96. The van der Waals surface area contributed by atoms with Crippen LogP contribution in [0.3, 0.4) is 0 Å². The van der Waals surface area contributed by atoms with Gasteiger partial charge in [-0.2, -0.15) is 0 Å². The van der Waals surface area contributed by atoms with Gasteiger partial charge in [0.1, 0.15) is 12.6 Å². The minimum absolute atomic E-state index is 0.00302. The molecule has 1 aliphatic carbocycles. The molecule has 0 bridgehead atoms. The van der Waals surface area contributed by atoms with Gasteiger partial charge in [-0.15, -0.1) is 0 Å². The Morgan fingerprint density at radius 1 is 0.804 bits per heavy atom. The van der Waals surface area contributed by atoms with Crippen molar-refractivity contribution in [2.75, 3.05) is 10.8 Å². The van der Waals surface area contributed by atoms with Gasteiger partial charge in [0.2, 0.25) is 11.8 Å². The number of hydrogen-bond acceptors (Lipinski definition) is 4. The number of anilines is 1. The molecule has 240 valence electrons. The fraction of sp³-hybridized carbons (Fsp3) is 0.257. The molecule has 1 atom stereocenters. The van der Waals surface area contributed by atoms with Crippen molar-refractivity contribution < 1.29 is 18.0 Å². The predicted octanol–water partition coefficient (Wildman–Crippen LogP) is 7.54. The van der Waals surface area contributed by atoms with E-state index in [0.29, 0.717) is 10.6 Å². The first-order chi connectivity index (χ1) is 22.1. The molecule has 1 saturated carbocycles. The minimum Gasteiger partial charge on any atom is -0.352 e. The van der Waals surface area contributed by atoms with Crippen molar-refractivity contribution in [3.05, 3.63) is 129 Å². The van der Waals surface area contributed by atoms with Crippen LogP contribution in [-0.4, -0.2) is 43.8 Å². The van der Waals surface area contributed by atoms with Crippen molar-refractivity contribution in [2.24, 2.45) is 0 Å². The third-order valence-corrected chi connectivity index (χ3v) is 10.8. The SMILES string of the molecule is O=C(NC1CCCC1)[C@H](Cc1ccccc1)N(Cc1ccccc1Cl)C(=O)CN(c1cc(Cl)ccc1Cl)S(=O)(=O)c1ccccc1. The zero-order chi connectivity index (χ0) is 32.7. The van der Waals surface area contributed by atoms with Crippen LogP contribution >= 0.6 is 34.8 Å². The van der Waals surface area contributed by atoms with Gasteiger partial charge in [0.05, 0.1) is 15.6 Å². The van der Waals surface area contributed by atoms with E-state index < -0.39 is 28.5 Å². The number of halogens is 3. The Morgan fingerprint density at radius 3 is 2.11 bits per heavy atom. The normalized spacial score (nSPS) is 14.1. The van der Waals surface area contributed by atoms with Crippen molar-refractivity contribution >= 4 is 62.3 Å². The molecular formula is C35H34Cl3N3O4S. The van der Waals surface area contributed by atoms with Gasteiger partial charge in [0.15, 0.2) is 0 Å². The monoisotopic (exact) mass is 697 g/mol. The first kappa shape index (κ1) is 33.8. The summed E-state index contributed by atoms with van der Waals surface area (Å²) < 4.78 is 29.2. The van der Waals surface area contributed by atoms with E-state index in [0.717, 1.165) is 35.6 Å². The summed E-state index contributed by atoms with van der Waals surface area (Å²) in [5.74, 6) is -0.924. The predicted molar refractivity (Wildman–Crippen MR) is 184 cm³/mol. The van der Waals surface area contributed by atoms with Crippen molar-refractivity contribution in [3.8, 4) is 0 Å². The Bertz CT molecular complexity index is 1770. The maximum Gasteiger partial charge on any atom is 0.264 e. The Morgan fingerprint density at radius 2 is 1.43 bits per heavy atom. The average Bonchev–Trinajstić information content (AvgIpc) is 3.57. The quantitative estimate of drug-likeness (QED) is 0.166. The number of carbonyl (C=O) groups is 2. The summed E-state index contributed by atoms with van der Waals surface area (Å²) >= 11 is 19.4. The second-order valence-corrected chi connectivity index (χ2v) is 14.3. The topological polar surface area (TPSA) is 86.8 Å². The van der Waals surface area contributed by atoms with Crippen molar-refractivity contribution in [2.45, 2.75) is 55.6 Å². The number of nitrogens with zero attached hydrogens (tertiary/aromatic N) is 2. The van der Waals surface area contributed by atoms with Crippen LogP contribution in [0, 0.1) is 0 Å². The van der Waals surface area contributed by atoms with Crippen LogP contribution in [0.1, 0.15) is 36.8 Å². The smallest absolute Gasteiger partial charge is 0.264 e. The van der Waals surface area contributed by atoms with E-state index in [9.17, 15) is 18.0 Å². The van der Waals surface area contributed by atoms with Crippen molar-refractivity contribution in [1.82, 2.24) is 10.2 Å². The summed E-state index contributed by atoms with van der Waals surface area (Å²) in [4.78, 5) is 30.1. The number of benzene rings is 4. The highest BCUT2D eigenvalue weighted by molar-refractivity contribution is 7.92. The van der Waals surface area contributed by atoms with E-state index in [1.54, 1.807) is 42.5 Å². The van der Waals surface area contributed by atoms with Gasteiger partial charge in [0, 0.05) is 29.1 Å². The first-order valence-electron chi connectivity index (χ1n) is 15.0. The van der Waals surface area contributed by atoms with E-state index in [1.165, 1.54) is 35.2 Å². The zero-order valence-electron chi connectivity index (χ0n) is 25.0. The summed E-state index contributed by atoms with van der Waals surface area (Å²) in [7, 11) is -4.31. The largest absolute Gasteiger partial charge is 0.352 e. The van der Waals surface area contributed by atoms with Gasteiger partial charge in [-0.3, -0.25) is 13.9 Å². The van der Waals surface area contributed by atoms with Crippen LogP contribution < -0.4 is 9.62 Å². The average molecular weight is 699 g/mol. The van der Waals surface area contributed by atoms with E-state index in [1.807, 2.05) is 30.3 Å². The molecule has 7 nitrogen and oxygen atoms in total. The second-order valence-electron chi connectivity index (χ2n) is 11.2. The van der Waals surface area contributed by atoms with E-state index in [2.05, 4.69) is 5.32 Å². The van der Waals surface area contributed by atoms with E-state index in [-0.39, 0.29) is 45.5 Å². The third-order valence-electron chi connectivity index (χ3n) is 8.06. The summed E-state index contributed by atoms with van der Waals surface area (Å²) in [6.45, 7) is -0.680. The van der Waals surface area contributed by atoms with Crippen LogP contribution in [-0.2, 0) is 32.6 Å². The van der Waals surface area contributed by atoms with Gasteiger partial charge >= 0.3 is 0 Å². The molecule has 46 heavy (non-hydrogen) atoms. The Labute approximate surface area is 285 Å². The highest BCUT2D eigenvalue weighted by Gasteiger charge is 2.36. The maximum atomic E-state index is 14.6. The van der Waals surface area contributed by atoms with E-state index in [4.69, 9.17) is 34.8 Å². The van der Waals surface area contributed by atoms with Crippen molar-refractivity contribution in [3.63, 3.8) is 0 Å². The number of sulfonamides is 1. The lowest BCUT2D eigenvalue weighted by atomic mass is 10.0. The Hall–Kier alpha value is -3.56. The van der Waals surface area contributed by atoms with Crippen LogP contribution in [0.5, 0.6) is 0 Å². The number of nitrogens with one attached hydrogen (secondary N) is 1. The van der Waals surface area contributed by atoms with Crippen LogP contribution in [0.2, 0.25) is 15.1 Å². The van der Waals surface area contributed by atoms with Crippen LogP contribution in [0.4, 0.5) is 5.69 Å². The molecule has 4 aromatic rings. The fourth-order valence-electron chi connectivity index (χ4n) is 5.64. The van der Waals surface area contributed by atoms with Gasteiger partial charge < -0.3 is 10.2 Å². The highest BCUT2D eigenvalue weighted by atomic mass is 35.5. The van der Waals surface area contributed by atoms with Gasteiger partial charge in [-0.25, -0.2) is 8.42 Å². The fourth-order valence-corrected chi connectivity index (χ4v) is 7.72. The molecule has 1 aliphatic rings. The molecule has 4 aromatic carbocycles. The Balaban J connectivity index is 1.59. The molecule has 5 rings (SSSR count). The lowest BCUT2D eigenvalue weighted by molar-refractivity contribution is -0.140. The van der Waals surface area contributed by atoms with Gasteiger partial charge in [0.25, 0.3) is 10.0 Å². The molecule has 11 heteroatoms. The highest BCUT2D eigenvalue weighted by Crippen LogP contribution is 2.33. The van der Waals surface area contributed by atoms with Crippen LogP contribution in [0.25, 0.3) is 0 Å². The molecule has 0 saturated heterocycles. The summed E-state index contributed by atoms with van der Waals surface area (Å²) in [6, 6.07) is 27.7. The lowest BCUT2D eigenvalue weighted by Crippen LogP contribution is -2.54. The van der Waals surface area contributed by atoms with Crippen LogP contribution in [0.15, 0.2) is 108 Å². The number of carbonyl (C=O) groups excluding carboxylic acids is 2. The first-order valence-corrected chi connectivity index (χ1v) is 17.6. The van der Waals surface area contributed by atoms with Crippen molar-refractivity contribution in [1.29, 1.82) is 0 Å². The lowest BCUT2D eigenvalue weighted by Gasteiger charge is -2.34. The standard InChI is InChI=1S/C35H34Cl3N3O4S/c36-27-19-20-31(38)32(22-27)41(46(44,45)29-16-5-2-6-17-29)24-34(42)40(23-26-13-7-10-18-30(26)37)33(21-25-11-3-1-4-12-25)35(43)39-28-14-8-9-15-28/h1-7,10-13,16-20,22,28,33H,8-9,14-15,21,23-24H2,(H,39,43)/t33-/m0/s1. The molecular weight excluding hydrogens is 665 g/mol. The summed E-state index contributed by atoms with van der Waals surface area (Å²) in [5.41, 5.74) is 1.50. The molecule has 0 spiro atoms. The molecule has 0 heterocycles. The molecule has 0 aliphatic heterocycles. The summed E-state index contributed by atoms with van der Waals surface area (Å²) in [5, 5.41) is 3.91. The molecule has 1 N–H and O–H groups in total. The second kappa shape index (κ2) is 15.4. The Kier molecular flexibility index (Phi) is 11.3. The molecule has 0 radical (unpaired) electrons. The molecule has 2 amide bonds. The molecule has 0 aromatic heterocycles. The number of hydrogen-bond donors (Lipinski definition) is 1.